The van der Waals surface area contributed by atoms with Crippen molar-refractivity contribution >= 4 is 5.78 Å². The summed E-state index contributed by atoms with van der Waals surface area (Å²) in [6, 6.07) is 8.75. The van der Waals surface area contributed by atoms with Crippen molar-refractivity contribution in [2.75, 3.05) is 13.1 Å². The lowest BCUT2D eigenvalue weighted by Gasteiger charge is -2.37. The highest BCUT2D eigenvalue weighted by molar-refractivity contribution is 5.76. The van der Waals surface area contributed by atoms with Crippen LogP contribution in [0.2, 0.25) is 0 Å². The van der Waals surface area contributed by atoms with Crippen molar-refractivity contribution in [3.8, 4) is 0 Å². The lowest BCUT2D eigenvalue weighted by molar-refractivity contribution is -0.118. The normalized spacial score (nSPS) is 22.2. The van der Waals surface area contributed by atoms with Gasteiger partial charge in [-0.05, 0) is 50.3 Å². The third-order valence-electron chi connectivity index (χ3n) is 4.16. The first-order chi connectivity index (χ1) is 9.08. The molecule has 104 valence electrons. The van der Waals surface area contributed by atoms with Gasteiger partial charge in [-0.15, -0.1) is 0 Å². The van der Waals surface area contributed by atoms with Crippen LogP contribution >= 0.6 is 0 Å². The van der Waals surface area contributed by atoms with Crippen LogP contribution in [0.3, 0.4) is 0 Å². The second-order valence-corrected chi connectivity index (χ2v) is 6.02. The van der Waals surface area contributed by atoms with Crippen LogP contribution in [0.25, 0.3) is 0 Å². The maximum Gasteiger partial charge on any atom is 0.131 e. The Bertz CT molecular complexity index is 441. The van der Waals surface area contributed by atoms with Crippen molar-refractivity contribution in [3.05, 3.63) is 35.4 Å². The number of piperidine rings is 1. The Morgan fingerprint density at radius 1 is 1.42 bits per heavy atom. The summed E-state index contributed by atoms with van der Waals surface area (Å²) < 4.78 is 0. The zero-order valence-corrected chi connectivity index (χ0v) is 12.4. The van der Waals surface area contributed by atoms with E-state index < -0.39 is 0 Å². The lowest BCUT2D eigenvalue weighted by atomic mass is 9.92. The Morgan fingerprint density at radius 2 is 2.16 bits per heavy atom. The fourth-order valence-electron chi connectivity index (χ4n) is 3.18. The highest BCUT2D eigenvalue weighted by atomic mass is 16.1. The van der Waals surface area contributed by atoms with E-state index in [1.807, 2.05) is 0 Å². The molecule has 0 saturated carbocycles. The molecule has 2 unspecified atom stereocenters. The van der Waals surface area contributed by atoms with Crippen molar-refractivity contribution in [1.82, 2.24) is 4.90 Å². The molecule has 2 nitrogen and oxygen atoms in total. The Balaban J connectivity index is 2.25. The minimum absolute atomic E-state index is 0.265. The first-order valence-electron chi connectivity index (χ1n) is 7.37. The average Bonchev–Trinajstić information content (AvgIpc) is 2.37. The van der Waals surface area contributed by atoms with E-state index in [1.165, 1.54) is 24.0 Å². The van der Waals surface area contributed by atoms with Gasteiger partial charge in [-0.25, -0.2) is 0 Å². The Hall–Kier alpha value is -1.15. The van der Waals surface area contributed by atoms with Crippen LogP contribution < -0.4 is 0 Å². The minimum Gasteiger partial charge on any atom is -0.300 e. The molecule has 0 N–H and O–H groups in total. The fourth-order valence-corrected chi connectivity index (χ4v) is 3.18. The summed E-state index contributed by atoms with van der Waals surface area (Å²) in [6.45, 7) is 8.41. The number of carbonyl (C=O) groups excluding carboxylic acids is 1. The van der Waals surface area contributed by atoms with Crippen molar-refractivity contribution in [2.24, 2.45) is 5.92 Å². The van der Waals surface area contributed by atoms with Gasteiger partial charge in [0, 0.05) is 19.0 Å². The highest BCUT2D eigenvalue weighted by Gasteiger charge is 2.26. The summed E-state index contributed by atoms with van der Waals surface area (Å²) >= 11 is 0. The lowest BCUT2D eigenvalue weighted by Crippen LogP contribution is -2.38. The van der Waals surface area contributed by atoms with Crippen molar-refractivity contribution in [2.45, 2.75) is 46.1 Å². The number of ketones is 1. The van der Waals surface area contributed by atoms with Gasteiger partial charge in [0.15, 0.2) is 0 Å². The molecule has 0 spiro atoms. The van der Waals surface area contributed by atoms with E-state index >= 15 is 0 Å². The molecule has 0 amide bonds. The van der Waals surface area contributed by atoms with Gasteiger partial charge in [0.2, 0.25) is 0 Å². The fraction of sp³-hybridized carbons (Fsp3) is 0.588. The van der Waals surface area contributed by atoms with Crippen molar-refractivity contribution in [3.63, 3.8) is 0 Å². The third kappa shape index (κ3) is 3.66. The van der Waals surface area contributed by atoms with Gasteiger partial charge in [0.25, 0.3) is 0 Å². The standard InChI is InChI=1S/C17H25NO/c1-13-7-6-10-18(12-13)17(11-15(3)19)16-9-5-4-8-14(16)2/h4-5,8-9,13,17H,6-7,10-12H2,1-3H3. The molecule has 1 aliphatic rings. The van der Waals surface area contributed by atoms with E-state index in [0.29, 0.717) is 6.42 Å². The second-order valence-electron chi connectivity index (χ2n) is 6.02. The number of rotatable bonds is 4. The van der Waals surface area contributed by atoms with E-state index in [0.717, 1.165) is 19.0 Å². The molecule has 2 atom stereocenters. The zero-order chi connectivity index (χ0) is 13.8. The van der Waals surface area contributed by atoms with Crippen LogP contribution in [-0.2, 0) is 4.79 Å². The van der Waals surface area contributed by atoms with Gasteiger partial charge in [-0.1, -0.05) is 31.2 Å². The van der Waals surface area contributed by atoms with Gasteiger partial charge in [-0.3, -0.25) is 9.69 Å². The molecule has 1 aliphatic heterocycles. The van der Waals surface area contributed by atoms with Crippen molar-refractivity contribution < 1.29 is 4.79 Å². The molecule has 1 saturated heterocycles. The third-order valence-corrected chi connectivity index (χ3v) is 4.16. The first kappa shape index (κ1) is 14.3. The van der Waals surface area contributed by atoms with Gasteiger partial charge in [-0.2, -0.15) is 0 Å². The summed E-state index contributed by atoms with van der Waals surface area (Å²) in [7, 11) is 0. The number of Topliss-reactive ketones (excluding diaryl/α,β-unsaturated/α-hetero) is 1. The molecule has 2 rings (SSSR count). The van der Waals surface area contributed by atoms with Gasteiger partial charge in [0.1, 0.15) is 5.78 Å². The highest BCUT2D eigenvalue weighted by Crippen LogP contribution is 2.31. The quantitative estimate of drug-likeness (QED) is 0.821. The molecule has 1 aromatic carbocycles. The molecule has 1 aromatic rings. The number of nitrogens with zero attached hydrogens (tertiary/aromatic N) is 1. The summed E-state index contributed by atoms with van der Waals surface area (Å²) in [4.78, 5) is 14.1. The molecule has 19 heavy (non-hydrogen) atoms. The molecule has 1 fully saturated rings. The molecule has 0 aliphatic carbocycles. The van der Waals surface area contributed by atoms with Crippen LogP contribution in [0.4, 0.5) is 0 Å². The van der Waals surface area contributed by atoms with E-state index in [4.69, 9.17) is 0 Å². The van der Waals surface area contributed by atoms with Crippen LogP contribution in [-0.4, -0.2) is 23.8 Å². The largest absolute Gasteiger partial charge is 0.300 e. The molecular weight excluding hydrogens is 234 g/mol. The van der Waals surface area contributed by atoms with Crippen molar-refractivity contribution in [1.29, 1.82) is 0 Å². The van der Waals surface area contributed by atoms with E-state index in [2.05, 4.69) is 43.0 Å². The van der Waals surface area contributed by atoms with Crippen LogP contribution in [0, 0.1) is 12.8 Å². The Labute approximate surface area is 116 Å². The predicted octanol–water partition coefficient (Wildman–Crippen LogP) is 3.75. The maximum atomic E-state index is 11.6. The summed E-state index contributed by atoms with van der Waals surface area (Å²) in [5, 5.41) is 0. The number of likely N-dealkylation sites (tertiary alicyclic amines) is 1. The molecule has 1 heterocycles. The van der Waals surface area contributed by atoms with Crippen LogP contribution in [0.15, 0.2) is 24.3 Å². The molecular formula is C17H25NO. The smallest absolute Gasteiger partial charge is 0.131 e. The number of hydrogen-bond acceptors (Lipinski definition) is 2. The van der Waals surface area contributed by atoms with E-state index in [9.17, 15) is 4.79 Å². The summed E-state index contributed by atoms with van der Waals surface area (Å²) in [6.07, 6.45) is 3.20. The number of hydrogen-bond donors (Lipinski definition) is 0. The van der Waals surface area contributed by atoms with E-state index in [-0.39, 0.29) is 11.8 Å². The summed E-state index contributed by atoms with van der Waals surface area (Å²) in [5.41, 5.74) is 2.62. The van der Waals surface area contributed by atoms with Gasteiger partial charge in [0.05, 0.1) is 0 Å². The zero-order valence-electron chi connectivity index (χ0n) is 12.4. The van der Waals surface area contributed by atoms with Crippen LogP contribution in [0.5, 0.6) is 0 Å². The number of aryl methyl sites for hydroxylation is 1. The van der Waals surface area contributed by atoms with E-state index in [1.54, 1.807) is 6.92 Å². The minimum atomic E-state index is 0.265. The van der Waals surface area contributed by atoms with Crippen LogP contribution in [0.1, 0.15) is 50.3 Å². The average molecular weight is 259 g/mol. The molecule has 2 heteroatoms. The Morgan fingerprint density at radius 3 is 2.79 bits per heavy atom. The SMILES string of the molecule is CC(=O)CC(c1ccccc1C)N1CCCC(C)C1. The summed E-state index contributed by atoms with van der Waals surface area (Å²) in [5.74, 6) is 1.03. The predicted molar refractivity (Wildman–Crippen MR) is 79.2 cm³/mol. The van der Waals surface area contributed by atoms with Gasteiger partial charge >= 0.3 is 0 Å². The number of benzene rings is 1. The maximum absolute atomic E-state index is 11.6. The molecule has 0 bridgehead atoms. The molecule has 0 radical (unpaired) electrons. The Kier molecular flexibility index (Phi) is 4.76. The molecule has 0 aromatic heterocycles. The monoisotopic (exact) mass is 259 g/mol. The van der Waals surface area contributed by atoms with Gasteiger partial charge < -0.3 is 0 Å². The first-order valence-corrected chi connectivity index (χ1v) is 7.37. The second kappa shape index (κ2) is 6.33. The number of carbonyl (C=O) groups is 1. The topological polar surface area (TPSA) is 20.3 Å².